The first kappa shape index (κ1) is 20.5. The smallest absolute Gasteiger partial charge is 0.258 e. The van der Waals surface area contributed by atoms with E-state index >= 15 is 0 Å². The van der Waals surface area contributed by atoms with Gasteiger partial charge in [-0.1, -0.05) is 52.1 Å². The molecule has 30 heavy (non-hydrogen) atoms. The van der Waals surface area contributed by atoms with Gasteiger partial charge in [0, 0.05) is 15.6 Å². The van der Waals surface area contributed by atoms with Crippen LogP contribution in [0.4, 0.5) is 0 Å². The van der Waals surface area contributed by atoms with Crippen molar-refractivity contribution in [3.05, 3.63) is 81.3 Å². The summed E-state index contributed by atoms with van der Waals surface area (Å²) >= 11 is 18.1. The molecule has 0 aliphatic rings. The molecule has 0 aliphatic heterocycles. The van der Waals surface area contributed by atoms with Crippen molar-refractivity contribution >= 4 is 34.8 Å². The second-order valence-corrected chi connectivity index (χ2v) is 7.61. The molecule has 0 unspecified atom stereocenters. The van der Waals surface area contributed by atoms with Gasteiger partial charge in [-0.05, 0) is 54.1 Å². The second-order valence-electron chi connectivity index (χ2n) is 6.33. The van der Waals surface area contributed by atoms with E-state index in [2.05, 4.69) is 10.1 Å². The summed E-state index contributed by atoms with van der Waals surface area (Å²) in [5, 5.41) is 5.64. The summed E-state index contributed by atoms with van der Waals surface area (Å²) in [6.07, 6.45) is 0. The van der Waals surface area contributed by atoms with E-state index in [1.54, 1.807) is 43.5 Å². The molecule has 8 heteroatoms. The molecule has 0 saturated carbocycles. The van der Waals surface area contributed by atoms with Crippen LogP contribution in [0.25, 0.3) is 22.8 Å². The average molecular weight is 462 g/mol. The highest BCUT2D eigenvalue weighted by Gasteiger charge is 2.15. The Hall–Kier alpha value is -2.73. The molecule has 0 saturated heterocycles. The van der Waals surface area contributed by atoms with E-state index < -0.39 is 0 Å². The van der Waals surface area contributed by atoms with Crippen LogP contribution in [0.15, 0.2) is 65.2 Å². The van der Waals surface area contributed by atoms with E-state index in [0.717, 1.165) is 11.1 Å². The molecule has 0 fully saturated rings. The molecule has 0 spiro atoms. The van der Waals surface area contributed by atoms with E-state index in [-0.39, 0.29) is 0 Å². The molecule has 0 bridgehead atoms. The minimum absolute atomic E-state index is 0.358. The first-order valence-corrected chi connectivity index (χ1v) is 10.0. The SMILES string of the molecule is COc1ccc(Cl)cc1-c1noc(-c2ccc(COc3ccc(Cl)cc3Cl)cc2)n1. The number of rotatable bonds is 6. The molecule has 0 amide bonds. The van der Waals surface area contributed by atoms with Crippen LogP contribution in [0.1, 0.15) is 5.56 Å². The van der Waals surface area contributed by atoms with E-state index in [9.17, 15) is 0 Å². The topological polar surface area (TPSA) is 57.4 Å². The van der Waals surface area contributed by atoms with Gasteiger partial charge < -0.3 is 14.0 Å². The molecule has 5 nitrogen and oxygen atoms in total. The molecule has 1 aromatic heterocycles. The normalized spacial score (nSPS) is 10.8. The molecule has 0 aliphatic carbocycles. The van der Waals surface area contributed by atoms with Gasteiger partial charge in [0.25, 0.3) is 5.89 Å². The molecule has 0 radical (unpaired) electrons. The predicted molar refractivity (Wildman–Crippen MR) is 118 cm³/mol. The van der Waals surface area contributed by atoms with Gasteiger partial charge in [0.15, 0.2) is 0 Å². The zero-order valence-electron chi connectivity index (χ0n) is 15.7. The maximum Gasteiger partial charge on any atom is 0.258 e. The van der Waals surface area contributed by atoms with Crippen molar-refractivity contribution in [1.82, 2.24) is 10.1 Å². The van der Waals surface area contributed by atoms with Crippen LogP contribution in [-0.2, 0) is 6.61 Å². The van der Waals surface area contributed by atoms with Gasteiger partial charge in [0.1, 0.15) is 18.1 Å². The first-order chi connectivity index (χ1) is 14.5. The number of nitrogens with zero attached hydrogens (tertiary/aromatic N) is 2. The number of hydrogen-bond acceptors (Lipinski definition) is 5. The summed E-state index contributed by atoms with van der Waals surface area (Å²) in [6.45, 7) is 0.358. The number of halogens is 3. The van der Waals surface area contributed by atoms with Crippen LogP contribution in [0.3, 0.4) is 0 Å². The molecule has 0 atom stereocenters. The van der Waals surface area contributed by atoms with Gasteiger partial charge >= 0.3 is 0 Å². The number of ether oxygens (including phenoxy) is 2. The Bertz CT molecular complexity index is 1180. The highest BCUT2D eigenvalue weighted by atomic mass is 35.5. The highest BCUT2D eigenvalue weighted by molar-refractivity contribution is 6.35. The van der Waals surface area contributed by atoms with Crippen molar-refractivity contribution in [2.75, 3.05) is 7.11 Å². The maximum atomic E-state index is 6.13. The molecule has 4 aromatic rings. The van der Waals surface area contributed by atoms with Crippen LogP contribution in [0.2, 0.25) is 15.1 Å². The van der Waals surface area contributed by atoms with Crippen molar-refractivity contribution in [2.24, 2.45) is 0 Å². The van der Waals surface area contributed by atoms with Crippen LogP contribution in [0, 0.1) is 0 Å². The minimum atomic E-state index is 0.358. The van der Waals surface area contributed by atoms with Gasteiger partial charge in [-0.25, -0.2) is 0 Å². The van der Waals surface area contributed by atoms with Crippen LogP contribution in [-0.4, -0.2) is 17.3 Å². The van der Waals surface area contributed by atoms with Crippen LogP contribution in [0.5, 0.6) is 11.5 Å². The van der Waals surface area contributed by atoms with Crippen molar-refractivity contribution in [3.63, 3.8) is 0 Å². The van der Waals surface area contributed by atoms with Gasteiger partial charge in [-0.3, -0.25) is 0 Å². The Kier molecular flexibility index (Phi) is 6.13. The summed E-state index contributed by atoms with van der Waals surface area (Å²) in [5.74, 6) is 1.97. The third-order valence-corrected chi connectivity index (χ3v) is 5.08. The van der Waals surface area contributed by atoms with E-state index in [1.165, 1.54) is 0 Å². The van der Waals surface area contributed by atoms with Crippen LogP contribution < -0.4 is 9.47 Å². The van der Waals surface area contributed by atoms with Gasteiger partial charge in [0.2, 0.25) is 5.82 Å². The average Bonchev–Trinajstić information content (AvgIpc) is 3.23. The summed E-state index contributed by atoms with van der Waals surface area (Å²) in [7, 11) is 1.58. The number of benzene rings is 3. The Morgan fingerprint density at radius 2 is 1.57 bits per heavy atom. The molecular formula is C22H15Cl3N2O3. The Labute approximate surface area is 188 Å². The quantitative estimate of drug-likeness (QED) is 0.311. The van der Waals surface area contributed by atoms with Gasteiger partial charge in [0.05, 0.1) is 17.7 Å². The van der Waals surface area contributed by atoms with Crippen molar-refractivity contribution in [3.8, 4) is 34.3 Å². The van der Waals surface area contributed by atoms with Crippen LogP contribution >= 0.6 is 34.8 Å². The maximum absolute atomic E-state index is 6.13. The molecule has 0 N–H and O–H groups in total. The second kappa shape index (κ2) is 8.96. The lowest BCUT2D eigenvalue weighted by atomic mass is 10.1. The van der Waals surface area contributed by atoms with Crippen molar-refractivity contribution < 1.29 is 14.0 Å². The van der Waals surface area contributed by atoms with Gasteiger partial charge in [-0.2, -0.15) is 4.98 Å². The zero-order chi connectivity index (χ0) is 21.1. The largest absolute Gasteiger partial charge is 0.496 e. The molecule has 1 heterocycles. The summed E-state index contributed by atoms with van der Waals surface area (Å²) in [4.78, 5) is 4.47. The summed E-state index contributed by atoms with van der Waals surface area (Å²) < 4.78 is 16.5. The highest BCUT2D eigenvalue weighted by Crippen LogP contribution is 2.32. The van der Waals surface area contributed by atoms with E-state index in [1.807, 2.05) is 24.3 Å². The molecule has 4 rings (SSSR count). The Balaban J connectivity index is 1.49. The third kappa shape index (κ3) is 4.54. The third-order valence-electron chi connectivity index (χ3n) is 4.32. The lowest BCUT2D eigenvalue weighted by Gasteiger charge is -2.08. The fourth-order valence-corrected chi connectivity index (χ4v) is 3.44. The minimum Gasteiger partial charge on any atom is -0.496 e. The molecular weight excluding hydrogens is 447 g/mol. The lowest BCUT2D eigenvalue weighted by Crippen LogP contribution is -1.96. The predicted octanol–water partition coefficient (Wildman–Crippen LogP) is 6.95. The number of aromatic nitrogens is 2. The fraction of sp³-hybridized carbons (Fsp3) is 0.0909. The molecule has 3 aromatic carbocycles. The molecule has 152 valence electrons. The lowest BCUT2D eigenvalue weighted by molar-refractivity contribution is 0.306. The summed E-state index contributed by atoms with van der Waals surface area (Å²) in [6, 6.07) is 18.0. The van der Waals surface area contributed by atoms with E-state index in [0.29, 0.717) is 50.5 Å². The van der Waals surface area contributed by atoms with Crippen molar-refractivity contribution in [1.29, 1.82) is 0 Å². The van der Waals surface area contributed by atoms with Gasteiger partial charge in [-0.15, -0.1) is 0 Å². The number of methoxy groups -OCH3 is 1. The summed E-state index contributed by atoms with van der Waals surface area (Å²) in [5.41, 5.74) is 2.40. The Morgan fingerprint density at radius 1 is 0.867 bits per heavy atom. The number of hydrogen-bond donors (Lipinski definition) is 0. The van der Waals surface area contributed by atoms with E-state index in [4.69, 9.17) is 48.8 Å². The zero-order valence-corrected chi connectivity index (χ0v) is 18.0. The monoisotopic (exact) mass is 460 g/mol. The Morgan fingerprint density at radius 3 is 2.27 bits per heavy atom. The van der Waals surface area contributed by atoms with Crippen molar-refractivity contribution in [2.45, 2.75) is 6.61 Å². The standard InChI is InChI=1S/C22H15Cl3N2O3/c1-28-19-8-6-15(23)10-17(19)21-26-22(30-27-21)14-4-2-13(3-5-14)12-29-20-9-7-16(24)11-18(20)25/h2-11H,12H2,1H3. The fourth-order valence-electron chi connectivity index (χ4n) is 2.80. The first-order valence-electron chi connectivity index (χ1n) is 8.88.